The molecule has 0 amide bonds. The zero-order valence-corrected chi connectivity index (χ0v) is 23.4. The van der Waals surface area contributed by atoms with Crippen LogP contribution in [0.3, 0.4) is 0 Å². The van der Waals surface area contributed by atoms with Crippen LogP contribution in [0.25, 0.3) is 55.3 Å². The lowest BCUT2D eigenvalue weighted by atomic mass is 9.97. The number of aliphatic imine (C=N–C) groups is 1. The fourth-order valence-corrected chi connectivity index (χ4v) is 5.40. The van der Waals surface area contributed by atoms with E-state index in [0.29, 0.717) is 0 Å². The van der Waals surface area contributed by atoms with Gasteiger partial charge in [-0.15, -0.1) is 0 Å². The number of aromatic amines is 2. The van der Waals surface area contributed by atoms with Gasteiger partial charge in [-0.05, 0) is 102 Å². The fourth-order valence-electron chi connectivity index (χ4n) is 5.40. The molecule has 4 N–H and O–H groups in total. The molecule has 6 aromatic rings. The van der Waals surface area contributed by atoms with E-state index < -0.39 is 0 Å². The second-order valence-corrected chi connectivity index (χ2v) is 10.7. The Hall–Kier alpha value is -4.55. The minimum Gasteiger partial charge on any atom is -0.342 e. The normalized spacial score (nSPS) is 11.4. The van der Waals surface area contributed by atoms with Crippen molar-refractivity contribution in [2.45, 2.75) is 38.5 Å². The van der Waals surface area contributed by atoms with Gasteiger partial charge in [0, 0.05) is 19.4 Å². The average molecular weight is 541 g/mol. The van der Waals surface area contributed by atoms with Gasteiger partial charge >= 0.3 is 0 Å². The number of unbranched alkanes of at least 4 members (excludes halogenated alkanes) is 2. The van der Waals surface area contributed by atoms with Crippen LogP contribution in [-0.4, -0.2) is 39.7 Å². The van der Waals surface area contributed by atoms with Gasteiger partial charge in [-0.3, -0.25) is 0 Å². The van der Waals surface area contributed by atoms with Crippen LogP contribution in [0.5, 0.6) is 0 Å². The van der Waals surface area contributed by atoms with E-state index >= 15 is 0 Å². The lowest BCUT2D eigenvalue weighted by Gasteiger charge is -2.08. The third-order valence-electron chi connectivity index (χ3n) is 7.71. The van der Waals surface area contributed by atoms with E-state index in [9.17, 15) is 0 Å². The van der Waals surface area contributed by atoms with E-state index in [1.807, 2.05) is 6.20 Å². The maximum absolute atomic E-state index is 5.64. The first-order valence-corrected chi connectivity index (χ1v) is 14.5. The molecule has 0 spiro atoms. The highest BCUT2D eigenvalue weighted by molar-refractivity contribution is 5.92. The van der Waals surface area contributed by atoms with Gasteiger partial charge in [-0.1, -0.05) is 54.6 Å². The molecule has 0 aliphatic heterocycles. The molecule has 0 saturated heterocycles. The van der Waals surface area contributed by atoms with Crippen molar-refractivity contribution in [2.75, 3.05) is 13.1 Å². The number of aromatic nitrogens is 4. The Morgan fingerprint density at radius 3 is 2.10 bits per heavy atom. The Morgan fingerprint density at radius 2 is 1.32 bits per heavy atom. The summed E-state index contributed by atoms with van der Waals surface area (Å²) in [6, 6.07) is 28.6. The van der Waals surface area contributed by atoms with Crippen LogP contribution < -0.4 is 5.73 Å². The van der Waals surface area contributed by atoms with Crippen molar-refractivity contribution in [1.29, 1.82) is 0 Å². The first-order valence-electron chi connectivity index (χ1n) is 14.5. The zero-order valence-electron chi connectivity index (χ0n) is 23.4. The van der Waals surface area contributed by atoms with Gasteiger partial charge in [-0.2, -0.15) is 0 Å². The summed E-state index contributed by atoms with van der Waals surface area (Å²) >= 11 is 0. The second-order valence-electron chi connectivity index (χ2n) is 10.7. The molecule has 6 rings (SSSR count). The molecule has 2 aromatic heterocycles. The molecule has 0 aliphatic carbocycles. The summed E-state index contributed by atoms with van der Waals surface area (Å²) in [5.41, 5.74) is 14.7. The second kappa shape index (κ2) is 12.3. The van der Waals surface area contributed by atoms with Crippen LogP contribution in [-0.2, 0) is 12.8 Å². The zero-order chi connectivity index (χ0) is 28.0. The molecule has 4 aromatic carbocycles. The summed E-state index contributed by atoms with van der Waals surface area (Å²) in [5.74, 6) is 2.05. The molecule has 0 aliphatic rings. The molecule has 0 atom stereocenters. The minimum atomic E-state index is 0.723. The van der Waals surface area contributed by atoms with Gasteiger partial charge in [0.15, 0.2) is 0 Å². The smallest absolute Gasteiger partial charge is 0.107 e. The molecule has 206 valence electrons. The van der Waals surface area contributed by atoms with E-state index in [1.165, 1.54) is 33.0 Å². The lowest BCUT2D eigenvalue weighted by Crippen LogP contribution is -1.99. The van der Waals surface area contributed by atoms with Crippen molar-refractivity contribution in [3.8, 4) is 33.5 Å². The van der Waals surface area contributed by atoms with Crippen LogP contribution in [0.2, 0.25) is 0 Å². The Labute approximate surface area is 240 Å². The van der Waals surface area contributed by atoms with Crippen LogP contribution in [0, 0.1) is 0 Å². The van der Waals surface area contributed by atoms with Crippen LogP contribution >= 0.6 is 0 Å². The summed E-state index contributed by atoms with van der Waals surface area (Å²) < 4.78 is 0. The lowest BCUT2D eigenvalue weighted by molar-refractivity contribution is 0.724. The Kier molecular flexibility index (Phi) is 8.01. The van der Waals surface area contributed by atoms with Gasteiger partial charge in [-0.25, -0.2) is 9.97 Å². The highest BCUT2D eigenvalue weighted by Gasteiger charge is 2.08. The van der Waals surface area contributed by atoms with E-state index in [1.54, 1.807) is 0 Å². The topological polar surface area (TPSA) is 95.7 Å². The number of hydrogen-bond donors (Lipinski definition) is 3. The average Bonchev–Trinajstić information content (AvgIpc) is 3.65. The third kappa shape index (κ3) is 6.13. The number of nitrogens with one attached hydrogen (secondary N) is 2. The van der Waals surface area contributed by atoms with Gasteiger partial charge in [0.2, 0.25) is 0 Å². The van der Waals surface area contributed by atoms with Crippen LogP contribution in [0.1, 0.15) is 37.3 Å². The first kappa shape index (κ1) is 26.7. The fraction of sp³-hybridized carbons (Fsp3) is 0.229. The number of benzene rings is 4. The van der Waals surface area contributed by atoms with E-state index in [-0.39, 0.29) is 0 Å². The van der Waals surface area contributed by atoms with Gasteiger partial charge in [0.25, 0.3) is 0 Å². The van der Waals surface area contributed by atoms with Crippen LogP contribution in [0.15, 0.2) is 90.1 Å². The first-order chi connectivity index (χ1) is 20.2. The maximum atomic E-state index is 5.64. The standard InChI is InChI=1S/C35H36N6/c1-37-19-5-3-6-34-38-23-33(41-34)26-12-8-24(9-13-26)27-14-10-25-11-15-28(21-30(25)20-27)29-16-17-31-32(22-29)40-35(39-31)7-2-4-18-36/h8-17,20-23H,1-7,18-19,36H2,(H,38,41)(H,39,40). The van der Waals surface area contributed by atoms with Gasteiger partial charge < -0.3 is 20.7 Å². The van der Waals surface area contributed by atoms with Crippen molar-refractivity contribution >= 4 is 28.5 Å². The summed E-state index contributed by atoms with van der Waals surface area (Å²) in [5, 5.41) is 2.45. The Bertz CT molecular complexity index is 1780. The minimum absolute atomic E-state index is 0.723. The number of nitrogens with zero attached hydrogens (tertiary/aromatic N) is 3. The Morgan fingerprint density at radius 1 is 0.659 bits per heavy atom. The van der Waals surface area contributed by atoms with Crippen molar-refractivity contribution in [1.82, 2.24) is 19.9 Å². The van der Waals surface area contributed by atoms with E-state index in [0.717, 1.165) is 85.6 Å². The third-order valence-corrected chi connectivity index (χ3v) is 7.71. The van der Waals surface area contributed by atoms with Crippen molar-refractivity contribution in [2.24, 2.45) is 10.7 Å². The molecule has 0 radical (unpaired) electrons. The number of rotatable bonds is 12. The van der Waals surface area contributed by atoms with E-state index in [2.05, 4.69) is 106 Å². The summed E-state index contributed by atoms with van der Waals surface area (Å²) in [4.78, 5) is 20.2. The highest BCUT2D eigenvalue weighted by Crippen LogP contribution is 2.31. The number of nitrogens with two attached hydrogens (primary N) is 1. The molecule has 0 fully saturated rings. The molecular formula is C35H36N6. The van der Waals surface area contributed by atoms with Crippen molar-refractivity contribution < 1.29 is 0 Å². The molecular weight excluding hydrogens is 504 g/mol. The quantitative estimate of drug-likeness (QED) is 0.109. The molecule has 0 bridgehead atoms. The highest BCUT2D eigenvalue weighted by atomic mass is 14.9. The number of hydrogen-bond acceptors (Lipinski definition) is 4. The van der Waals surface area contributed by atoms with Crippen LogP contribution in [0.4, 0.5) is 0 Å². The number of fused-ring (bicyclic) bond motifs is 2. The monoisotopic (exact) mass is 540 g/mol. The predicted molar refractivity (Wildman–Crippen MR) is 171 cm³/mol. The summed E-state index contributed by atoms with van der Waals surface area (Å²) in [6.07, 6.45) is 7.96. The molecule has 0 unspecified atom stereocenters. The molecule has 41 heavy (non-hydrogen) atoms. The molecule has 6 heteroatoms. The van der Waals surface area contributed by atoms with Crippen molar-refractivity contribution in [3.05, 3.63) is 96.7 Å². The number of H-pyrrole nitrogens is 2. The van der Waals surface area contributed by atoms with Gasteiger partial charge in [0.1, 0.15) is 11.6 Å². The largest absolute Gasteiger partial charge is 0.342 e. The maximum Gasteiger partial charge on any atom is 0.107 e. The van der Waals surface area contributed by atoms with Crippen molar-refractivity contribution in [3.63, 3.8) is 0 Å². The predicted octanol–water partition coefficient (Wildman–Crippen LogP) is 7.74. The molecule has 2 heterocycles. The Balaban J connectivity index is 1.20. The number of aryl methyl sites for hydroxylation is 2. The SMILES string of the molecule is C=NCCCCc1ncc(-c2ccc(-c3ccc4ccc(-c5ccc6nc(CCCCN)[nH]c6c5)cc4c3)cc2)[nH]1. The summed E-state index contributed by atoms with van der Waals surface area (Å²) in [7, 11) is 0. The number of imidazole rings is 2. The van der Waals surface area contributed by atoms with E-state index in [4.69, 9.17) is 10.7 Å². The summed E-state index contributed by atoms with van der Waals surface area (Å²) in [6.45, 7) is 5.08. The van der Waals surface area contributed by atoms with Gasteiger partial charge in [0.05, 0.1) is 22.9 Å². The molecule has 0 saturated carbocycles. The molecule has 6 nitrogen and oxygen atoms in total.